The van der Waals surface area contributed by atoms with Gasteiger partial charge in [-0.05, 0) is 53.0 Å². The van der Waals surface area contributed by atoms with Crippen molar-refractivity contribution in [3.8, 4) is 0 Å². The van der Waals surface area contributed by atoms with Crippen LogP contribution in [0.5, 0.6) is 0 Å². The first-order valence-electron chi connectivity index (χ1n) is 7.61. The number of anilines is 1. The zero-order valence-corrected chi connectivity index (χ0v) is 15.5. The molecule has 0 radical (unpaired) electrons. The van der Waals surface area contributed by atoms with E-state index in [2.05, 4.69) is 15.3 Å². The van der Waals surface area contributed by atoms with Crippen LogP contribution in [0.1, 0.15) is 33.6 Å². The van der Waals surface area contributed by atoms with Crippen LogP contribution in [-0.2, 0) is 4.74 Å². The molecule has 0 spiro atoms. The summed E-state index contributed by atoms with van der Waals surface area (Å²) in [5, 5.41) is 4.16. The molecule has 0 aromatic carbocycles. The van der Waals surface area contributed by atoms with Crippen molar-refractivity contribution in [3.05, 3.63) is 11.2 Å². The maximum atomic E-state index is 12.7. The van der Waals surface area contributed by atoms with E-state index < -0.39 is 11.7 Å². The Morgan fingerprint density at radius 3 is 2.61 bits per heavy atom. The van der Waals surface area contributed by atoms with Crippen LogP contribution in [0.15, 0.2) is 11.2 Å². The quantitative estimate of drug-likeness (QED) is 0.507. The van der Waals surface area contributed by atoms with Crippen LogP contribution in [0, 0.1) is 0 Å². The van der Waals surface area contributed by atoms with Crippen molar-refractivity contribution in [2.24, 2.45) is 0 Å². The third-order valence-electron chi connectivity index (χ3n) is 3.35. The van der Waals surface area contributed by atoms with Gasteiger partial charge in [-0.15, -0.1) is 0 Å². The fourth-order valence-electron chi connectivity index (χ4n) is 2.41. The van der Waals surface area contributed by atoms with Crippen molar-refractivity contribution in [1.29, 1.82) is 0 Å². The number of hydrogen-bond donors (Lipinski definition) is 1. The van der Waals surface area contributed by atoms with E-state index in [0.717, 1.165) is 25.9 Å². The number of carbonyl (C=O) groups is 1. The molecule has 1 fully saturated rings. The van der Waals surface area contributed by atoms with E-state index in [1.165, 1.54) is 11.8 Å². The van der Waals surface area contributed by atoms with E-state index in [-0.39, 0.29) is 6.04 Å². The third kappa shape index (κ3) is 5.22. The molecule has 0 unspecified atom stereocenters. The summed E-state index contributed by atoms with van der Waals surface area (Å²) in [6.07, 6.45) is 3.16. The van der Waals surface area contributed by atoms with Gasteiger partial charge in [0.15, 0.2) is 5.16 Å². The van der Waals surface area contributed by atoms with Gasteiger partial charge < -0.3 is 10.1 Å². The van der Waals surface area contributed by atoms with Crippen LogP contribution < -0.4 is 10.2 Å². The van der Waals surface area contributed by atoms with Gasteiger partial charge in [-0.2, -0.15) is 0 Å². The third-order valence-corrected chi connectivity index (χ3v) is 4.10. The summed E-state index contributed by atoms with van der Waals surface area (Å²) in [7, 11) is 0. The lowest BCUT2D eigenvalue weighted by Gasteiger charge is -2.35. The smallest absolute Gasteiger partial charge is 0.416 e. The summed E-state index contributed by atoms with van der Waals surface area (Å²) in [6.45, 7) is 7.28. The molecule has 1 saturated heterocycles. The number of amides is 1. The Hall–Kier alpha value is -1.05. The molecule has 23 heavy (non-hydrogen) atoms. The van der Waals surface area contributed by atoms with E-state index in [0.29, 0.717) is 16.1 Å². The molecule has 1 aromatic heterocycles. The van der Waals surface area contributed by atoms with Crippen molar-refractivity contribution in [2.45, 2.75) is 50.4 Å². The Balaban J connectivity index is 2.36. The Kier molecular flexibility index (Phi) is 6.11. The molecule has 0 bridgehead atoms. The Morgan fingerprint density at radius 2 is 2.04 bits per heavy atom. The Labute approximate surface area is 146 Å². The summed E-state index contributed by atoms with van der Waals surface area (Å²) >= 11 is 7.48. The second-order valence-electron chi connectivity index (χ2n) is 6.37. The number of nitrogens with one attached hydrogen (secondary N) is 1. The molecule has 2 rings (SSSR count). The van der Waals surface area contributed by atoms with Gasteiger partial charge in [0.2, 0.25) is 0 Å². The van der Waals surface area contributed by atoms with Crippen molar-refractivity contribution in [3.63, 3.8) is 0 Å². The zero-order chi connectivity index (χ0) is 17.0. The van der Waals surface area contributed by atoms with E-state index in [9.17, 15) is 4.79 Å². The minimum Gasteiger partial charge on any atom is -0.443 e. The van der Waals surface area contributed by atoms with E-state index in [1.807, 2.05) is 27.0 Å². The van der Waals surface area contributed by atoms with Gasteiger partial charge in [0.25, 0.3) is 0 Å². The summed E-state index contributed by atoms with van der Waals surface area (Å²) < 4.78 is 5.58. The topological polar surface area (TPSA) is 67.4 Å². The molecular formula is C15H23ClN4O2S. The molecule has 1 N–H and O–H groups in total. The minimum atomic E-state index is -0.568. The number of piperidine rings is 1. The van der Waals surface area contributed by atoms with E-state index in [1.54, 1.807) is 11.0 Å². The predicted octanol–water partition coefficient (Wildman–Crippen LogP) is 3.35. The van der Waals surface area contributed by atoms with Gasteiger partial charge >= 0.3 is 6.09 Å². The van der Waals surface area contributed by atoms with Gasteiger partial charge in [-0.1, -0.05) is 23.4 Å². The molecule has 8 heteroatoms. The highest BCUT2D eigenvalue weighted by atomic mass is 35.5. The second kappa shape index (κ2) is 7.68. The van der Waals surface area contributed by atoms with E-state index >= 15 is 0 Å². The van der Waals surface area contributed by atoms with Crippen LogP contribution in [0.2, 0.25) is 5.15 Å². The van der Waals surface area contributed by atoms with Gasteiger partial charge in [-0.25, -0.2) is 14.8 Å². The molecule has 2 heterocycles. The number of carbonyl (C=O) groups excluding carboxylic acids is 1. The lowest BCUT2D eigenvalue weighted by molar-refractivity contribution is 0.0558. The number of thioether (sulfide) groups is 1. The van der Waals surface area contributed by atoms with Gasteiger partial charge in [0, 0.05) is 12.1 Å². The highest BCUT2D eigenvalue weighted by molar-refractivity contribution is 7.98. The van der Waals surface area contributed by atoms with Crippen molar-refractivity contribution in [1.82, 2.24) is 15.3 Å². The van der Waals surface area contributed by atoms with Crippen LogP contribution in [0.3, 0.4) is 0 Å². The summed E-state index contributed by atoms with van der Waals surface area (Å²) in [5.41, 5.74) is -0.568. The largest absolute Gasteiger partial charge is 0.443 e. The van der Waals surface area contributed by atoms with Gasteiger partial charge in [0.05, 0.1) is 0 Å². The van der Waals surface area contributed by atoms with Gasteiger partial charge in [-0.3, -0.25) is 4.90 Å². The molecule has 1 amide bonds. The summed E-state index contributed by atoms with van der Waals surface area (Å²) in [6, 6.07) is 1.65. The van der Waals surface area contributed by atoms with E-state index in [4.69, 9.17) is 16.3 Å². The molecule has 1 aliphatic rings. The molecule has 0 saturated carbocycles. The highest BCUT2D eigenvalue weighted by Crippen LogP contribution is 2.26. The molecule has 0 atom stereocenters. The molecular weight excluding hydrogens is 336 g/mol. The average molecular weight is 359 g/mol. The number of hydrogen-bond acceptors (Lipinski definition) is 6. The number of aromatic nitrogens is 2. The minimum absolute atomic E-state index is 0.0340. The lowest BCUT2D eigenvalue weighted by Crippen LogP contribution is -2.48. The monoisotopic (exact) mass is 358 g/mol. The standard InChI is InChI=1S/C15H23ClN4O2S/c1-15(2,3)22-14(21)20(10-5-7-17-8-6-10)12-9-11(16)18-13(19-12)23-4/h9-10,17H,5-8H2,1-4H3. The number of nitrogens with zero attached hydrogens (tertiary/aromatic N) is 3. The van der Waals surface area contributed by atoms with Crippen molar-refractivity contribution >= 4 is 35.3 Å². The van der Waals surface area contributed by atoms with Crippen LogP contribution in [-0.4, -0.2) is 47.0 Å². The first-order chi connectivity index (χ1) is 10.8. The fraction of sp³-hybridized carbons (Fsp3) is 0.667. The average Bonchev–Trinajstić information content (AvgIpc) is 2.46. The molecule has 6 nitrogen and oxygen atoms in total. The highest BCUT2D eigenvalue weighted by Gasteiger charge is 2.32. The first-order valence-corrected chi connectivity index (χ1v) is 9.22. The first kappa shape index (κ1) is 18.3. The van der Waals surface area contributed by atoms with Crippen LogP contribution in [0.25, 0.3) is 0 Å². The fourth-order valence-corrected chi connectivity index (χ4v) is 3.01. The van der Waals surface area contributed by atoms with Crippen molar-refractivity contribution < 1.29 is 9.53 Å². The Morgan fingerprint density at radius 1 is 1.39 bits per heavy atom. The molecule has 1 aliphatic heterocycles. The number of ether oxygens (including phenoxy) is 1. The summed E-state index contributed by atoms with van der Waals surface area (Å²) in [5.74, 6) is 0.496. The predicted molar refractivity (Wildman–Crippen MR) is 93.4 cm³/mol. The summed E-state index contributed by atoms with van der Waals surface area (Å²) in [4.78, 5) is 23.0. The number of halogens is 1. The lowest BCUT2D eigenvalue weighted by atomic mass is 10.1. The zero-order valence-electron chi connectivity index (χ0n) is 13.9. The molecule has 128 valence electrons. The van der Waals surface area contributed by atoms with Crippen LogP contribution in [0.4, 0.5) is 10.6 Å². The van der Waals surface area contributed by atoms with Gasteiger partial charge in [0.1, 0.15) is 16.6 Å². The molecule has 0 aliphatic carbocycles. The van der Waals surface area contributed by atoms with Crippen LogP contribution >= 0.6 is 23.4 Å². The number of rotatable bonds is 3. The molecule has 1 aromatic rings. The maximum absolute atomic E-state index is 12.7. The normalized spacial score (nSPS) is 16.2. The maximum Gasteiger partial charge on any atom is 0.416 e. The second-order valence-corrected chi connectivity index (χ2v) is 7.53. The Bertz CT molecular complexity index is 559. The van der Waals surface area contributed by atoms with Crippen molar-refractivity contribution in [2.75, 3.05) is 24.2 Å². The SMILES string of the molecule is CSc1nc(Cl)cc(N(C(=O)OC(C)(C)C)C2CCNCC2)n1.